The van der Waals surface area contributed by atoms with Crippen LogP contribution in [0.25, 0.3) is 0 Å². The molecule has 0 fully saturated rings. The van der Waals surface area contributed by atoms with E-state index in [9.17, 15) is 14.4 Å². The van der Waals surface area contributed by atoms with Crippen molar-refractivity contribution in [2.45, 2.75) is 0 Å². The van der Waals surface area contributed by atoms with Crippen molar-refractivity contribution in [3.63, 3.8) is 0 Å². The van der Waals surface area contributed by atoms with Gasteiger partial charge in [-0.15, -0.1) is 6.58 Å². The maximum absolute atomic E-state index is 11.9. The number of rotatable bonds is 8. The van der Waals surface area contributed by atoms with E-state index in [0.717, 1.165) is 4.90 Å². The molecular formula is C10H17N3O5. The van der Waals surface area contributed by atoms with E-state index in [4.69, 9.17) is 15.9 Å². The van der Waals surface area contributed by atoms with Crippen molar-refractivity contribution >= 4 is 17.9 Å². The lowest BCUT2D eigenvalue weighted by Gasteiger charge is -2.27. The first-order valence-corrected chi connectivity index (χ1v) is 5.18. The summed E-state index contributed by atoms with van der Waals surface area (Å²) in [6.07, 6.45) is 1.43. The van der Waals surface area contributed by atoms with Crippen LogP contribution in [0.5, 0.6) is 0 Å². The average molecular weight is 259 g/mol. The number of hydrogen-bond acceptors (Lipinski definition) is 4. The maximum Gasteiger partial charge on any atom is 0.323 e. The van der Waals surface area contributed by atoms with Crippen LogP contribution in [0, 0.1) is 0 Å². The van der Waals surface area contributed by atoms with Gasteiger partial charge in [0.05, 0.1) is 6.61 Å². The molecule has 0 rings (SSSR count). The summed E-state index contributed by atoms with van der Waals surface area (Å²) < 4.78 is 0. The van der Waals surface area contributed by atoms with Crippen LogP contribution in [0.4, 0.5) is 4.79 Å². The van der Waals surface area contributed by atoms with Gasteiger partial charge in [-0.3, -0.25) is 9.59 Å². The first-order valence-electron chi connectivity index (χ1n) is 5.18. The number of nitrogens with zero attached hydrogens (tertiary/aromatic N) is 2. The normalized spacial score (nSPS) is 9.61. The van der Waals surface area contributed by atoms with Gasteiger partial charge >= 0.3 is 12.0 Å². The van der Waals surface area contributed by atoms with Gasteiger partial charge in [-0.2, -0.15) is 0 Å². The minimum absolute atomic E-state index is 0.0136. The number of amides is 3. The predicted molar refractivity (Wildman–Crippen MR) is 62.7 cm³/mol. The van der Waals surface area contributed by atoms with Crippen molar-refractivity contribution in [2.24, 2.45) is 5.73 Å². The van der Waals surface area contributed by atoms with E-state index in [1.165, 1.54) is 11.0 Å². The fraction of sp³-hybridized carbons (Fsp3) is 0.500. The smallest absolute Gasteiger partial charge is 0.323 e. The van der Waals surface area contributed by atoms with Gasteiger partial charge in [-0.05, 0) is 0 Å². The third-order valence-corrected chi connectivity index (χ3v) is 1.93. The highest BCUT2D eigenvalue weighted by Gasteiger charge is 2.23. The number of carboxylic acids is 1. The molecule has 0 saturated carbocycles. The number of nitrogens with two attached hydrogens (primary N) is 1. The van der Waals surface area contributed by atoms with Crippen LogP contribution in [0.3, 0.4) is 0 Å². The molecular weight excluding hydrogens is 242 g/mol. The van der Waals surface area contributed by atoms with Crippen molar-refractivity contribution < 1.29 is 24.6 Å². The van der Waals surface area contributed by atoms with Gasteiger partial charge in [0.25, 0.3) is 0 Å². The fourth-order valence-corrected chi connectivity index (χ4v) is 1.28. The van der Waals surface area contributed by atoms with E-state index in [1.807, 2.05) is 0 Å². The number of aliphatic hydroxyl groups excluding tert-OH is 1. The molecule has 0 spiro atoms. The Morgan fingerprint density at radius 1 is 1.22 bits per heavy atom. The summed E-state index contributed by atoms with van der Waals surface area (Å²) in [5.41, 5.74) is 4.94. The topological polar surface area (TPSA) is 124 Å². The first-order chi connectivity index (χ1) is 8.42. The molecule has 0 aliphatic rings. The van der Waals surface area contributed by atoms with Crippen LogP contribution in [0.2, 0.25) is 0 Å². The van der Waals surface area contributed by atoms with E-state index in [2.05, 4.69) is 6.58 Å². The van der Waals surface area contributed by atoms with E-state index >= 15 is 0 Å². The number of aliphatic carboxylic acids is 1. The summed E-state index contributed by atoms with van der Waals surface area (Å²) in [6, 6.07) is -0.690. The Morgan fingerprint density at radius 3 is 2.22 bits per heavy atom. The summed E-state index contributed by atoms with van der Waals surface area (Å²) in [5, 5.41) is 17.5. The Kier molecular flexibility index (Phi) is 7.13. The zero-order chi connectivity index (χ0) is 14.1. The summed E-state index contributed by atoms with van der Waals surface area (Å²) in [5.74, 6) is -2.07. The standard InChI is InChI=1S/C10H17N3O5/c1-2-3-12(4-5-14)10(18)13(6-8(11)15)7-9(16)17/h2,14H,1,3-7H2,(H2,11,15)(H,16,17). The van der Waals surface area contributed by atoms with Crippen molar-refractivity contribution in [3.05, 3.63) is 12.7 Å². The summed E-state index contributed by atoms with van der Waals surface area (Å²) >= 11 is 0. The van der Waals surface area contributed by atoms with E-state index in [0.29, 0.717) is 0 Å². The highest BCUT2D eigenvalue weighted by molar-refractivity contribution is 5.86. The third-order valence-electron chi connectivity index (χ3n) is 1.93. The maximum atomic E-state index is 11.9. The molecule has 0 unspecified atom stereocenters. The summed E-state index contributed by atoms with van der Waals surface area (Å²) in [4.78, 5) is 35.3. The number of carbonyl (C=O) groups excluding carboxylic acids is 2. The van der Waals surface area contributed by atoms with Gasteiger partial charge < -0.3 is 25.7 Å². The lowest BCUT2D eigenvalue weighted by Crippen LogP contribution is -2.49. The molecule has 0 bridgehead atoms. The summed E-state index contributed by atoms with van der Waals surface area (Å²) in [7, 11) is 0. The van der Waals surface area contributed by atoms with Crippen LogP contribution in [0.1, 0.15) is 0 Å². The van der Waals surface area contributed by atoms with Gasteiger partial charge in [0, 0.05) is 13.1 Å². The van der Waals surface area contributed by atoms with Gasteiger partial charge in [0.1, 0.15) is 13.1 Å². The quantitative estimate of drug-likeness (QED) is 0.456. The monoisotopic (exact) mass is 259 g/mol. The SMILES string of the molecule is C=CCN(CCO)C(=O)N(CC(N)=O)CC(=O)O. The number of carboxylic acid groups (broad SMARTS) is 1. The van der Waals surface area contributed by atoms with Crippen LogP contribution >= 0.6 is 0 Å². The molecule has 4 N–H and O–H groups in total. The van der Waals surface area contributed by atoms with Crippen molar-refractivity contribution in [3.8, 4) is 0 Å². The second-order valence-corrected chi connectivity index (χ2v) is 3.46. The molecule has 3 amide bonds. The third kappa shape index (κ3) is 5.85. The fourth-order valence-electron chi connectivity index (χ4n) is 1.28. The number of urea groups is 1. The number of hydrogen-bond donors (Lipinski definition) is 3. The van der Waals surface area contributed by atoms with Crippen molar-refractivity contribution in [1.82, 2.24) is 9.80 Å². The van der Waals surface area contributed by atoms with Gasteiger partial charge in [-0.1, -0.05) is 6.08 Å². The van der Waals surface area contributed by atoms with E-state index in [-0.39, 0.29) is 19.7 Å². The van der Waals surface area contributed by atoms with Crippen LogP contribution in [-0.2, 0) is 9.59 Å². The number of carbonyl (C=O) groups is 3. The lowest BCUT2D eigenvalue weighted by atomic mass is 10.4. The lowest BCUT2D eigenvalue weighted by molar-refractivity contribution is -0.138. The molecule has 8 heteroatoms. The molecule has 18 heavy (non-hydrogen) atoms. The Hall–Kier alpha value is -2.09. The molecule has 0 heterocycles. The molecule has 0 aromatic carbocycles. The van der Waals surface area contributed by atoms with Crippen molar-refractivity contribution in [2.75, 3.05) is 32.8 Å². The molecule has 0 saturated heterocycles. The Balaban J connectivity index is 4.81. The first kappa shape index (κ1) is 15.9. The minimum atomic E-state index is -1.26. The second-order valence-electron chi connectivity index (χ2n) is 3.46. The Bertz CT molecular complexity index is 315. The molecule has 0 aliphatic heterocycles. The highest BCUT2D eigenvalue weighted by atomic mass is 16.4. The Labute approximate surface area is 104 Å². The largest absolute Gasteiger partial charge is 0.480 e. The average Bonchev–Trinajstić information content (AvgIpc) is 2.25. The minimum Gasteiger partial charge on any atom is -0.480 e. The zero-order valence-electron chi connectivity index (χ0n) is 9.91. The molecule has 0 radical (unpaired) electrons. The molecule has 0 atom stereocenters. The molecule has 8 nitrogen and oxygen atoms in total. The van der Waals surface area contributed by atoms with Crippen molar-refractivity contribution in [1.29, 1.82) is 0 Å². The summed E-state index contributed by atoms with van der Waals surface area (Å²) in [6.45, 7) is 2.18. The van der Waals surface area contributed by atoms with Gasteiger partial charge in [-0.25, -0.2) is 4.79 Å². The molecule has 0 aliphatic carbocycles. The molecule has 102 valence electrons. The molecule has 0 aromatic rings. The van der Waals surface area contributed by atoms with Crippen LogP contribution < -0.4 is 5.73 Å². The second kappa shape index (κ2) is 8.07. The van der Waals surface area contributed by atoms with Gasteiger partial charge in [0.2, 0.25) is 5.91 Å². The molecule has 0 aromatic heterocycles. The number of aliphatic hydroxyl groups is 1. The highest BCUT2D eigenvalue weighted by Crippen LogP contribution is 1.99. The number of primary amides is 1. The van der Waals surface area contributed by atoms with Crippen LogP contribution in [-0.4, -0.2) is 70.7 Å². The predicted octanol–water partition coefficient (Wildman–Crippen LogP) is -1.54. The van der Waals surface area contributed by atoms with Gasteiger partial charge in [0.15, 0.2) is 0 Å². The van der Waals surface area contributed by atoms with E-state index in [1.54, 1.807) is 0 Å². The van der Waals surface area contributed by atoms with E-state index < -0.39 is 31.0 Å². The Morgan fingerprint density at radius 2 is 1.83 bits per heavy atom. The van der Waals surface area contributed by atoms with Crippen LogP contribution in [0.15, 0.2) is 12.7 Å². The zero-order valence-corrected chi connectivity index (χ0v) is 9.91.